The van der Waals surface area contributed by atoms with E-state index in [-0.39, 0.29) is 22.8 Å². The van der Waals surface area contributed by atoms with Gasteiger partial charge in [0.25, 0.3) is 0 Å². The first-order valence-electron chi connectivity index (χ1n) is 10.2. The van der Waals surface area contributed by atoms with Crippen molar-refractivity contribution in [2.24, 2.45) is 11.8 Å². The fourth-order valence-corrected chi connectivity index (χ4v) is 4.39. The molecule has 0 aliphatic heterocycles. The van der Waals surface area contributed by atoms with Crippen molar-refractivity contribution < 1.29 is 18.8 Å². The molecule has 4 nitrogen and oxygen atoms in total. The van der Waals surface area contributed by atoms with Crippen molar-refractivity contribution in [3.63, 3.8) is 0 Å². The Hall–Kier alpha value is -0.943. The minimum absolute atomic E-state index is 0.0566. The molecular formula is C22H40O4Si. The zero-order valence-corrected chi connectivity index (χ0v) is 20.1. The highest BCUT2D eigenvalue weighted by Crippen LogP contribution is 2.39. The largest absolute Gasteiger partial charge is 0.459 e. The first-order chi connectivity index (χ1) is 12.0. The van der Waals surface area contributed by atoms with Gasteiger partial charge in [0.2, 0.25) is 0 Å². The lowest BCUT2D eigenvalue weighted by atomic mass is 9.87. The van der Waals surface area contributed by atoms with Crippen LogP contribution >= 0.6 is 0 Å². The number of Topliss-reactive ketones (excluding diaryl/α,β-unsaturated/α-hetero) is 1. The van der Waals surface area contributed by atoms with Crippen LogP contribution in [-0.2, 0) is 18.8 Å². The van der Waals surface area contributed by atoms with E-state index in [1.165, 1.54) is 5.57 Å². The molecule has 1 aliphatic carbocycles. The maximum Gasteiger partial charge on any atom is 0.317 e. The minimum atomic E-state index is -2.02. The van der Waals surface area contributed by atoms with Gasteiger partial charge < -0.3 is 9.16 Å². The van der Waals surface area contributed by atoms with Crippen LogP contribution in [0.3, 0.4) is 0 Å². The predicted octanol–water partition coefficient (Wildman–Crippen LogP) is 5.67. The summed E-state index contributed by atoms with van der Waals surface area (Å²) < 4.78 is 12.2. The van der Waals surface area contributed by atoms with E-state index in [0.29, 0.717) is 6.42 Å². The first-order valence-corrected chi connectivity index (χ1v) is 13.1. The lowest BCUT2D eigenvalue weighted by Gasteiger charge is -2.41. The van der Waals surface area contributed by atoms with Gasteiger partial charge >= 0.3 is 5.97 Å². The third-order valence-electron chi connectivity index (χ3n) is 5.82. The highest BCUT2D eigenvalue weighted by atomic mass is 28.4. The Bertz CT molecular complexity index is 578. The monoisotopic (exact) mass is 396 g/mol. The molecule has 0 saturated carbocycles. The van der Waals surface area contributed by atoms with Crippen LogP contribution in [0.4, 0.5) is 0 Å². The number of allylic oxidation sites excluding steroid dienone is 2. The lowest BCUT2D eigenvalue weighted by molar-refractivity contribution is -0.163. The maximum absolute atomic E-state index is 13.2. The molecule has 2 unspecified atom stereocenters. The SMILES string of the molecule is C/C1=C/C[C@H](C(=O)OC(C)(C)C)C(=O)C(C)C(O[Si](C)(C)C(C)(C)C)CC1. The van der Waals surface area contributed by atoms with Crippen LogP contribution in [-0.4, -0.2) is 31.8 Å². The van der Waals surface area contributed by atoms with Gasteiger partial charge in [-0.15, -0.1) is 0 Å². The Morgan fingerprint density at radius 1 is 1.15 bits per heavy atom. The number of carbonyl (C=O) groups excluding carboxylic acids is 2. The zero-order chi connectivity index (χ0) is 21.2. The molecule has 0 aromatic rings. The predicted molar refractivity (Wildman–Crippen MR) is 113 cm³/mol. The molecule has 0 spiro atoms. The number of ether oxygens (including phenoxy) is 1. The van der Waals surface area contributed by atoms with Crippen molar-refractivity contribution in [2.45, 2.75) is 104 Å². The van der Waals surface area contributed by atoms with Crippen LogP contribution in [0.1, 0.15) is 74.7 Å². The Morgan fingerprint density at radius 2 is 1.70 bits per heavy atom. The zero-order valence-electron chi connectivity index (χ0n) is 19.1. The third-order valence-corrected chi connectivity index (χ3v) is 10.3. The molecule has 3 atom stereocenters. The summed E-state index contributed by atoms with van der Waals surface area (Å²) in [4.78, 5) is 25.9. The number of carbonyl (C=O) groups is 2. The molecule has 0 bridgehead atoms. The number of ketones is 1. The molecule has 1 rings (SSSR count). The van der Waals surface area contributed by atoms with E-state index in [0.717, 1.165) is 12.8 Å². The molecule has 1 aliphatic rings. The standard InChI is InChI=1S/C22H40O4Si/c1-15-11-13-17(20(24)25-21(3,4)5)19(23)16(2)18(14-12-15)26-27(9,10)22(6,7)8/h11,16-18H,12-14H2,1-10H3/b15-11-/t16?,17-,18?/m0/s1. The van der Waals surface area contributed by atoms with Gasteiger partial charge in [0, 0.05) is 5.92 Å². The number of hydrogen-bond donors (Lipinski definition) is 0. The average molecular weight is 397 g/mol. The van der Waals surface area contributed by atoms with Gasteiger partial charge in [-0.05, 0) is 65.1 Å². The highest BCUT2D eigenvalue weighted by molar-refractivity contribution is 6.74. The van der Waals surface area contributed by atoms with Crippen LogP contribution < -0.4 is 0 Å². The Kier molecular flexibility index (Phi) is 7.68. The second-order valence-electron chi connectivity index (χ2n) is 10.5. The molecule has 0 saturated heterocycles. The fraction of sp³-hybridized carbons (Fsp3) is 0.818. The van der Waals surface area contributed by atoms with Crippen LogP contribution in [0, 0.1) is 11.8 Å². The molecule has 0 aromatic carbocycles. The van der Waals surface area contributed by atoms with Crippen LogP contribution in [0.15, 0.2) is 11.6 Å². The Labute approximate surface area is 167 Å². The maximum atomic E-state index is 13.2. The van der Waals surface area contributed by atoms with Gasteiger partial charge in [0.05, 0.1) is 6.10 Å². The van der Waals surface area contributed by atoms with Crippen molar-refractivity contribution in [1.29, 1.82) is 0 Å². The van der Waals surface area contributed by atoms with Gasteiger partial charge in [-0.25, -0.2) is 0 Å². The van der Waals surface area contributed by atoms with Crippen LogP contribution in [0.2, 0.25) is 18.1 Å². The van der Waals surface area contributed by atoms with Gasteiger partial charge in [-0.1, -0.05) is 39.3 Å². The summed E-state index contributed by atoms with van der Waals surface area (Å²) in [7, 11) is -2.02. The molecule has 0 amide bonds. The summed E-state index contributed by atoms with van der Waals surface area (Å²) in [5, 5.41) is 0.0731. The van der Waals surface area contributed by atoms with Gasteiger partial charge in [-0.3, -0.25) is 9.59 Å². The topological polar surface area (TPSA) is 52.6 Å². The van der Waals surface area contributed by atoms with Crippen LogP contribution in [0.25, 0.3) is 0 Å². The molecule has 0 heterocycles. The number of rotatable bonds is 3. The first kappa shape index (κ1) is 24.1. The molecule has 0 N–H and O–H groups in total. The molecule has 156 valence electrons. The average Bonchev–Trinajstić information content (AvgIpc) is 2.51. The molecular weight excluding hydrogens is 356 g/mol. The summed E-state index contributed by atoms with van der Waals surface area (Å²) in [6.07, 6.45) is 3.97. The van der Waals surface area contributed by atoms with Crippen molar-refractivity contribution in [3.05, 3.63) is 11.6 Å². The third kappa shape index (κ3) is 6.86. The molecule has 0 aromatic heterocycles. The van der Waals surface area contributed by atoms with E-state index in [2.05, 4.69) is 40.8 Å². The van der Waals surface area contributed by atoms with Crippen molar-refractivity contribution in [3.8, 4) is 0 Å². The summed E-state index contributed by atoms with van der Waals surface area (Å²) in [6.45, 7) is 20.5. The summed E-state index contributed by atoms with van der Waals surface area (Å²) in [6, 6.07) is 0. The van der Waals surface area contributed by atoms with Crippen LogP contribution in [0.5, 0.6) is 0 Å². The van der Waals surface area contributed by atoms with Crippen molar-refractivity contribution in [2.75, 3.05) is 0 Å². The van der Waals surface area contributed by atoms with E-state index in [4.69, 9.17) is 9.16 Å². The van der Waals surface area contributed by atoms with E-state index in [9.17, 15) is 9.59 Å². The van der Waals surface area contributed by atoms with Crippen molar-refractivity contribution >= 4 is 20.1 Å². The molecule has 0 radical (unpaired) electrons. The van der Waals surface area contributed by atoms with E-state index < -0.39 is 25.8 Å². The van der Waals surface area contributed by atoms with Gasteiger partial charge in [0.1, 0.15) is 11.5 Å². The molecule has 5 heteroatoms. The number of esters is 1. The minimum Gasteiger partial charge on any atom is -0.459 e. The normalized spacial score (nSPS) is 27.9. The highest BCUT2D eigenvalue weighted by Gasteiger charge is 2.43. The quantitative estimate of drug-likeness (QED) is 0.267. The second-order valence-corrected chi connectivity index (χ2v) is 15.3. The molecule has 0 fully saturated rings. The number of hydrogen-bond acceptors (Lipinski definition) is 4. The Morgan fingerprint density at radius 3 is 2.19 bits per heavy atom. The molecule has 27 heavy (non-hydrogen) atoms. The smallest absolute Gasteiger partial charge is 0.317 e. The summed E-state index contributed by atoms with van der Waals surface area (Å²) in [5.74, 6) is -1.55. The Balaban J connectivity index is 3.14. The van der Waals surface area contributed by atoms with E-state index in [1.54, 1.807) is 0 Å². The van der Waals surface area contributed by atoms with E-state index >= 15 is 0 Å². The van der Waals surface area contributed by atoms with E-state index in [1.807, 2.05) is 33.8 Å². The fourth-order valence-electron chi connectivity index (χ4n) is 2.96. The van der Waals surface area contributed by atoms with Gasteiger partial charge in [0.15, 0.2) is 14.1 Å². The summed E-state index contributed by atoms with van der Waals surface area (Å²) in [5.41, 5.74) is 0.601. The van der Waals surface area contributed by atoms with Gasteiger partial charge in [-0.2, -0.15) is 0 Å². The second kappa shape index (κ2) is 8.60. The lowest BCUT2D eigenvalue weighted by Crippen LogP contribution is -2.47. The summed E-state index contributed by atoms with van der Waals surface area (Å²) >= 11 is 0. The van der Waals surface area contributed by atoms with Crippen molar-refractivity contribution in [1.82, 2.24) is 0 Å².